The van der Waals surface area contributed by atoms with E-state index in [1.807, 2.05) is 36.4 Å². The van der Waals surface area contributed by atoms with Gasteiger partial charge in [-0.2, -0.15) is 0 Å². The van der Waals surface area contributed by atoms with Gasteiger partial charge in [-0.1, -0.05) is 30.3 Å². The zero-order valence-electron chi connectivity index (χ0n) is 13.1. The number of nitrogens with zero attached hydrogens (tertiary/aromatic N) is 3. The van der Waals surface area contributed by atoms with E-state index in [9.17, 15) is 14.4 Å². The highest BCUT2D eigenvalue weighted by atomic mass is 32.1. The van der Waals surface area contributed by atoms with Crippen LogP contribution in [0.25, 0.3) is 20.7 Å². The van der Waals surface area contributed by atoms with Crippen molar-refractivity contribution in [2.45, 2.75) is 6.54 Å². The van der Waals surface area contributed by atoms with Gasteiger partial charge in [-0.3, -0.25) is 19.1 Å². The maximum Gasteiger partial charge on any atom is 0.324 e. The standard InChI is InChI=1S/C17H14N4O3S/c22-14(21-7-6-18-17(21)24)9-20-10-19-12-8-13(25-15(12)16(20)23)11-4-2-1-3-5-11/h1-5,8,10H,6-7,9H2,(H,18,24). The Morgan fingerprint density at radius 3 is 2.76 bits per heavy atom. The molecule has 126 valence electrons. The van der Waals surface area contributed by atoms with Gasteiger partial charge >= 0.3 is 6.03 Å². The molecule has 0 bridgehead atoms. The SMILES string of the molecule is O=C(Cn1cnc2cc(-c3ccccc3)sc2c1=O)N1CCNC1=O. The molecule has 1 aliphatic rings. The average molecular weight is 354 g/mol. The molecule has 0 spiro atoms. The minimum absolute atomic E-state index is 0.201. The predicted octanol–water partition coefficient (Wildman–Crippen LogP) is 1.68. The number of carbonyl (C=O) groups excluding carboxylic acids is 2. The molecule has 4 rings (SSSR count). The highest BCUT2D eigenvalue weighted by Crippen LogP contribution is 2.30. The van der Waals surface area contributed by atoms with Crippen LogP contribution in [0.3, 0.4) is 0 Å². The van der Waals surface area contributed by atoms with Crippen molar-refractivity contribution in [2.24, 2.45) is 0 Å². The van der Waals surface area contributed by atoms with E-state index in [2.05, 4.69) is 10.3 Å². The third-order valence-corrected chi connectivity index (χ3v) is 5.19. The number of rotatable bonds is 3. The molecule has 1 N–H and O–H groups in total. The van der Waals surface area contributed by atoms with Crippen LogP contribution >= 0.6 is 11.3 Å². The second kappa shape index (κ2) is 6.14. The minimum atomic E-state index is -0.422. The lowest BCUT2D eigenvalue weighted by Gasteiger charge is -2.12. The summed E-state index contributed by atoms with van der Waals surface area (Å²) in [5.74, 6) is -0.418. The van der Waals surface area contributed by atoms with Crippen molar-refractivity contribution >= 4 is 33.5 Å². The van der Waals surface area contributed by atoms with Gasteiger partial charge in [-0.05, 0) is 11.6 Å². The summed E-state index contributed by atoms with van der Waals surface area (Å²) in [6.45, 7) is 0.551. The van der Waals surface area contributed by atoms with Gasteiger partial charge in [0.05, 0.1) is 11.8 Å². The lowest BCUT2D eigenvalue weighted by atomic mass is 10.2. The fourth-order valence-electron chi connectivity index (χ4n) is 2.74. The van der Waals surface area contributed by atoms with E-state index < -0.39 is 11.9 Å². The van der Waals surface area contributed by atoms with E-state index in [-0.39, 0.29) is 12.1 Å². The lowest BCUT2D eigenvalue weighted by Crippen LogP contribution is -2.38. The van der Waals surface area contributed by atoms with E-state index in [0.29, 0.717) is 23.3 Å². The first kappa shape index (κ1) is 15.5. The Balaban J connectivity index is 1.67. The fourth-order valence-corrected chi connectivity index (χ4v) is 3.81. The van der Waals surface area contributed by atoms with Gasteiger partial charge in [-0.15, -0.1) is 11.3 Å². The molecule has 1 fully saturated rings. The second-order valence-electron chi connectivity index (χ2n) is 5.65. The molecular weight excluding hydrogens is 340 g/mol. The number of nitrogens with one attached hydrogen (secondary N) is 1. The zero-order valence-corrected chi connectivity index (χ0v) is 14.0. The number of hydrogen-bond acceptors (Lipinski definition) is 5. The van der Waals surface area contributed by atoms with Crippen LogP contribution in [0.5, 0.6) is 0 Å². The number of carbonyl (C=O) groups is 2. The summed E-state index contributed by atoms with van der Waals surface area (Å²) < 4.78 is 1.75. The lowest BCUT2D eigenvalue weighted by molar-refractivity contribution is -0.128. The van der Waals surface area contributed by atoms with Gasteiger partial charge in [-0.25, -0.2) is 9.78 Å². The summed E-state index contributed by atoms with van der Waals surface area (Å²) in [4.78, 5) is 42.8. The molecule has 1 saturated heterocycles. The average Bonchev–Trinajstić information content (AvgIpc) is 3.25. The summed E-state index contributed by atoms with van der Waals surface area (Å²) in [5.41, 5.74) is 1.35. The molecule has 0 radical (unpaired) electrons. The molecule has 1 aromatic carbocycles. The second-order valence-corrected chi connectivity index (χ2v) is 6.70. The molecule has 3 heterocycles. The van der Waals surface area contributed by atoms with E-state index in [1.165, 1.54) is 22.2 Å². The van der Waals surface area contributed by atoms with Crippen molar-refractivity contribution in [3.8, 4) is 10.4 Å². The predicted molar refractivity (Wildman–Crippen MR) is 94.4 cm³/mol. The minimum Gasteiger partial charge on any atom is -0.336 e. The largest absolute Gasteiger partial charge is 0.336 e. The Labute approximate surface area is 146 Å². The quantitative estimate of drug-likeness (QED) is 0.775. The number of thiophene rings is 1. The van der Waals surface area contributed by atoms with Crippen LogP contribution in [0.2, 0.25) is 0 Å². The summed E-state index contributed by atoms with van der Waals surface area (Å²) in [5, 5.41) is 2.57. The Morgan fingerprint density at radius 1 is 1.24 bits per heavy atom. The van der Waals surface area contributed by atoms with E-state index in [0.717, 1.165) is 15.3 Å². The van der Waals surface area contributed by atoms with Crippen LogP contribution in [0.15, 0.2) is 47.5 Å². The third kappa shape index (κ3) is 2.80. The number of hydrogen-bond donors (Lipinski definition) is 1. The summed E-state index contributed by atoms with van der Waals surface area (Å²) in [6.07, 6.45) is 1.36. The molecule has 25 heavy (non-hydrogen) atoms. The van der Waals surface area contributed by atoms with Crippen LogP contribution in [0.4, 0.5) is 4.79 Å². The number of benzene rings is 1. The third-order valence-electron chi connectivity index (χ3n) is 4.03. The molecule has 3 amide bonds. The van der Waals surface area contributed by atoms with Crippen LogP contribution in [-0.2, 0) is 11.3 Å². The molecule has 0 aliphatic carbocycles. The molecule has 3 aromatic rings. The van der Waals surface area contributed by atoms with Crippen molar-refractivity contribution in [1.82, 2.24) is 19.8 Å². The van der Waals surface area contributed by atoms with E-state index in [4.69, 9.17) is 0 Å². The maximum atomic E-state index is 12.7. The van der Waals surface area contributed by atoms with Crippen LogP contribution in [0.1, 0.15) is 0 Å². The Morgan fingerprint density at radius 2 is 2.04 bits per heavy atom. The molecular formula is C17H14N4O3S. The van der Waals surface area contributed by atoms with Gasteiger partial charge < -0.3 is 5.32 Å². The number of amides is 3. The first-order valence-electron chi connectivity index (χ1n) is 7.76. The van der Waals surface area contributed by atoms with Crippen molar-refractivity contribution in [3.05, 3.63) is 53.1 Å². The first-order chi connectivity index (χ1) is 12.1. The molecule has 0 atom stereocenters. The van der Waals surface area contributed by atoms with Crippen molar-refractivity contribution < 1.29 is 9.59 Å². The van der Waals surface area contributed by atoms with Crippen LogP contribution in [-0.4, -0.2) is 39.5 Å². The normalized spacial score (nSPS) is 14.1. The van der Waals surface area contributed by atoms with Gasteiger partial charge in [0.2, 0.25) is 0 Å². The highest BCUT2D eigenvalue weighted by molar-refractivity contribution is 7.22. The Bertz CT molecular complexity index is 1030. The number of imide groups is 1. The van der Waals surface area contributed by atoms with Gasteiger partial charge in [0.15, 0.2) is 0 Å². The molecule has 0 unspecified atom stereocenters. The monoisotopic (exact) mass is 354 g/mol. The van der Waals surface area contributed by atoms with E-state index >= 15 is 0 Å². The van der Waals surface area contributed by atoms with E-state index in [1.54, 1.807) is 0 Å². The summed E-state index contributed by atoms with van der Waals surface area (Å²) in [7, 11) is 0. The number of urea groups is 1. The van der Waals surface area contributed by atoms with Crippen molar-refractivity contribution in [1.29, 1.82) is 0 Å². The summed E-state index contributed by atoms with van der Waals surface area (Å²) in [6, 6.07) is 11.2. The number of aromatic nitrogens is 2. The maximum absolute atomic E-state index is 12.7. The van der Waals surface area contributed by atoms with Crippen molar-refractivity contribution in [2.75, 3.05) is 13.1 Å². The molecule has 0 saturated carbocycles. The molecule has 2 aromatic heterocycles. The van der Waals surface area contributed by atoms with Gasteiger partial charge in [0.1, 0.15) is 11.2 Å². The van der Waals surface area contributed by atoms with Gasteiger partial charge in [0.25, 0.3) is 11.5 Å². The first-order valence-corrected chi connectivity index (χ1v) is 8.58. The van der Waals surface area contributed by atoms with Gasteiger partial charge in [0, 0.05) is 18.0 Å². The molecule has 1 aliphatic heterocycles. The van der Waals surface area contributed by atoms with Crippen LogP contribution < -0.4 is 10.9 Å². The van der Waals surface area contributed by atoms with Crippen molar-refractivity contribution in [3.63, 3.8) is 0 Å². The number of fused-ring (bicyclic) bond motifs is 1. The topological polar surface area (TPSA) is 84.3 Å². The molecule has 7 nitrogen and oxygen atoms in total. The fraction of sp³-hybridized carbons (Fsp3) is 0.176. The highest BCUT2D eigenvalue weighted by Gasteiger charge is 2.26. The summed E-state index contributed by atoms with van der Waals surface area (Å²) >= 11 is 1.35. The zero-order chi connectivity index (χ0) is 17.4. The molecule has 8 heteroatoms. The Kier molecular flexibility index (Phi) is 3.81. The Hall–Kier alpha value is -3.00. The smallest absolute Gasteiger partial charge is 0.324 e. The van der Waals surface area contributed by atoms with Crippen LogP contribution in [0, 0.1) is 0 Å².